The van der Waals surface area contributed by atoms with E-state index in [4.69, 9.17) is 9.72 Å². The van der Waals surface area contributed by atoms with Gasteiger partial charge >= 0.3 is 0 Å². The Labute approximate surface area is 182 Å². The monoisotopic (exact) mass is 429 g/mol. The van der Waals surface area contributed by atoms with E-state index in [1.165, 1.54) is 11.3 Å². The van der Waals surface area contributed by atoms with Gasteiger partial charge in [-0.15, -0.1) is 0 Å². The normalized spacial score (nSPS) is 11.4. The maximum atomic E-state index is 13.3. The van der Waals surface area contributed by atoms with E-state index in [0.717, 1.165) is 47.0 Å². The number of rotatable bonds is 10. The molecule has 0 saturated carbocycles. The van der Waals surface area contributed by atoms with Gasteiger partial charge in [-0.3, -0.25) is 14.4 Å². The number of benzene rings is 1. The first-order valence-electron chi connectivity index (χ1n) is 10.5. The summed E-state index contributed by atoms with van der Waals surface area (Å²) in [6, 6.07) is 7.90. The molecule has 0 fully saturated rings. The van der Waals surface area contributed by atoms with Gasteiger partial charge in [0.25, 0.3) is 5.91 Å². The molecule has 3 rings (SSSR count). The summed E-state index contributed by atoms with van der Waals surface area (Å²) in [7, 11) is 0. The smallest absolute Gasteiger partial charge is 0.250 e. The van der Waals surface area contributed by atoms with E-state index in [-0.39, 0.29) is 12.5 Å². The zero-order valence-corrected chi connectivity index (χ0v) is 19.3. The number of thiazole rings is 1. The third-order valence-electron chi connectivity index (χ3n) is 5.13. The van der Waals surface area contributed by atoms with Crippen LogP contribution in [0.4, 0.5) is 5.13 Å². The zero-order chi connectivity index (χ0) is 21.7. The number of nitrogens with zero attached hydrogens (tertiary/aromatic N) is 5. The van der Waals surface area contributed by atoms with Crippen LogP contribution < -0.4 is 9.64 Å². The van der Waals surface area contributed by atoms with Crippen LogP contribution in [-0.4, -0.2) is 58.4 Å². The molecule has 0 aliphatic rings. The van der Waals surface area contributed by atoms with Gasteiger partial charge in [0.2, 0.25) is 0 Å². The molecular weight excluding hydrogens is 398 g/mol. The van der Waals surface area contributed by atoms with E-state index in [9.17, 15) is 4.79 Å². The highest BCUT2D eigenvalue weighted by Crippen LogP contribution is 2.34. The van der Waals surface area contributed by atoms with Gasteiger partial charge in [-0.05, 0) is 52.1 Å². The molecule has 0 unspecified atom stereocenters. The number of aromatic nitrogens is 3. The number of para-hydroxylation sites is 1. The second kappa shape index (κ2) is 10.0. The van der Waals surface area contributed by atoms with Crippen LogP contribution in [0, 0.1) is 13.8 Å². The van der Waals surface area contributed by atoms with Crippen LogP contribution in [0.25, 0.3) is 10.2 Å². The lowest BCUT2D eigenvalue weighted by molar-refractivity contribution is -0.119. The summed E-state index contributed by atoms with van der Waals surface area (Å²) in [5.74, 6) is 0.748. The molecule has 0 N–H and O–H groups in total. The van der Waals surface area contributed by atoms with Crippen LogP contribution in [0.15, 0.2) is 24.3 Å². The van der Waals surface area contributed by atoms with Gasteiger partial charge in [0.1, 0.15) is 17.8 Å². The topological polar surface area (TPSA) is 63.5 Å². The molecule has 0 aliphatic carbocycles. The van der Waals surface area contributed by atoms with Crippen molar-refractivity contribution in [2.75, 3.05) is 37.7 Å². The Bertz CT molecular complexity index is 993. The first kappa shape index (κ1) is 22.2. The van der Waals surface area contributed by atoms with E-state index in [2.05, 4.69) is 23.8 Å². The molecular formula is C22H31N5O2S. The number of hydrogen-bond donors (Lipinski definition) is 0. The molecule has 0 saturated heterocycles. The van der Waals surface area contributed by atoms with Crippen molar-refractivity contribution in [1.29, 1.82) is 0 Å². The summed E-state index contributed by atoms with van der Waals surface area (Å²) in [6.07, 6.45) is 0. The number of hydrogen-bond acceptors (Lipinski definition) is 6. The third kappa shape index (κ3) is 4.99. The average molecular weight is 430 g/mol. The highest BCUT2D eigenvalue weighted by molar-refractivity contribution is 7.22. The standard InChI is InChI=1S/C22H31N5O2S/c1-6-25(7-2)12-13-26(20(28)15-27-17(5)14-16(4)24-27)22-23-21-18(29-8-3)10-9-11-19(21)30-22/h9-11,14H,6-8,12-13,15H2,1-5H3. The summed E-state index contributed by atoms with van der Waals surface area (Å²) in [4.78, 5) is 22.2. The average Bonchev–Trinajstić information content (AvgIpc) is 3.28. The van der Waals surface area contributed by atoms with Crippen molar-refractivity contribution in [3.8, 4) is 5.75 Å². The third-order valence-corrected chi connectivity index (χ3v) is 6.17. The van der Waals surface area contributed by atoms with E-state index in [1.807, 2.05) is 45.0 Å². The molecule has 2 aromatic heterocycles. The van der Waals surface area contributed by atoms with Gasteiger partial charge in [0.05, 0.1) is 17.0 Å². The minimum absolute atomic E-state index is 0.00891. The molecule has 1 aromatic carbocycles. The zero-order valence-electron chi connectivity index (χ0n) is 18.5. The number of carbonyl (C=O) groups is 1. The van der Waals surface area contributed by atoms with Crippen LogP contribution >= 0.6 is 11.3 Å². The van der Waals surface area contributed by atoms with E-state index in [0.29, 0.717) is 18.3 Å². The second-order valence-corrected chi connectivity index (χ2v) is 8.20. The van der Waals surface area contributed by atoms with Crippen LogP contribution in [0.2, 0.25) is 0 Å². The Morgan fingerprint density at radius 2 is 1.93 bits per heavy atom. The van der Waals surface area contributed by atoms with E-state index >= 15 is 0 Å². The molecule has 162 valence electrons. The molecule has 0 aliphatic heterocycles. The molecule has 0 bridgehead atoms. The molecule has 3 aromatic rings. The number of fused-ring (bicyclic) bond motifs is 1. The maximum absolute atomic E-state index is 13.3. The minimum atomic E-state index is -0.00891. The van der Waals surface area contributed by atoms with Crippen LogP contribution in [-0.2, 0) is 11.3 Å². The number of carbonyl (C=O) groups excluding carboxylic acids is 1. The summed E-state index contributed by atoms with van der Waals surface area (Å²) in [6.45, 7) is 14.2. The van der Waals surface area contributed by atoms with E-state index < -0.39 is 0 Å². The fourth-order valence-corrected chi connectivity index (χ4v) is 4.48. The number of amides is 1. The van der Waals surface area contributed by atoms with Crippen molar-refractivity contribution < 1.29 is 9.53 Å². The summed E-state index contributed by atoms with van der Waals surface area (Å²) in [5.41, 5.74) is 2.70. The Kier molecular flexibility index (Phi) is 7.44. The van der Waals surface area contributed by atoms with Gasteiger partial charge in [-0.2, -0.15) is 5.10 Å². The SMILES string of the molecule is CCOc1cccc2sc(N(CCN(CC)CC)C(=O)Cn3nc(C)cc3C)nc12. The first-order valence-corrected chi connectivity index (χ1v) is 11.3. The summed E-state index contributed by atoms with van der Waals surface area (Å²) < 4.78 is 8.52. The fourth-order valence-electron chi connectivity index (χ4n) is 3.46. The van der Waals surface area contributed by atoms with Gasteiger partial charge in [-0.1, -0.05) is 31.3 Å². The molecule has 0 radical (unpaired) electrons. The van der Waals surface area contributed by atoms with Crippen molar-refractivity contribution in [3.05, 3.63) is 35.7 Å². The molecule has 2 heterocycles. The van der Waals surface area contributed by atoms with Crippen LogP contribution in [0.1, 0.15) is 32.2 Å². The molecule has 0 atom stereocenters. The lowest BCUT2D eigenvalue weighted by Gasteiger charge is -2.24. The van der Waals surface area contributed by atoms with Gasteiger partial charge in [0, 0.05) is 18.8 Å². The van der Waals surface area contributed by atoms with E-state index in [1.54, 1.807) is 9.58 Å². The van der Waals surface area contributed by atoms with Crippen molar-refractivity contribution in [3.63, 3.8) is 0 Å². The lowest BCUT2D eigenvalue weighted by Crippen LogP contribution is -2.40. The molecule has 8 heteroatoms. The Morgan fingerprint density at radius 1 is 1.17 bits per heavy atom. The second-order valence-electron chi connectivity index (χ2n) is 7.19. The lowest BCUT2D eigenvalue weighted by atomic mass is 10.3. The minimum Gasteiger partial charge on any atom is -0.492 e. The van der Waals surface area contributed by atoms with Crippen molar-refractivity contribution in [2.45, 2.75) is 41.2 Å². The summed E-state index contributed by atoms with van der Waals surface area (Å²) >= 11 is 1.53. The summed E-state index contributed by atoms with van der Waals surface area (Å²) in [5, 5.41) is 5.16. The van der Waals surface area contributed by atoms with Gasteiger partial charge in [-0.25, -0.2) is 4.98 Å². The fraction of sp³-hybridized carbons (Fsp3) is 0.500. The van der Waals surface area contributed by atoms with Crippen LogP contribution in [0.3, 0.4) is 0 Å². The predicted octanol–water partition coefficient (Wildman–Crippen LogP) is 3.88. The Balaban J connectivity index is 1.92. The predicted molar refractivity (Wildman–Crippen MR) is 123 cm³/mol. The van der Waals surface area contributed by atoms with Gasteiger partial charge in [0.15, 0.2) is 5.13 Å². The Morgan fingerprint density at radius 3 is 2.57 bits per heavy atom. The molecule has 0 spiro atoms. The molecule has 1 amide bonds. The van der Waals surface area contributed by atoms with Crippen molar-refractivity contribution in [2.24, 2.45) is 0 Å². The largest absolute Gasteiger partial charge is 0.492 e. The highest BCUT2D eigenvalue weighted by atomic mass is 32.1. The quantitative estimate of drug-likeness (QED) is 0.489. The highest BCUT2D eigenvalue weighted by Gasteiger charge is 2.22. The number of anilines is 1. The van der Waals surface area contributed by atoms with Crippen molar-refractivity contribution >= 4 is 32.6 Å². The Hall–Kier alpha value is -2.45. The number of aryl methyl sites for hydroxylation is 2. The van der Waals surface area contributed by atoms with Crippen molar-refractivity contribution in [1.82, 2.24) is 19.7 Å². The first-order chi connectivity index (χ1) is 14.5. The maximum Gasteiger partial charge on any atom is 0.250 e. The molecule has 7 nitrogen and oxygen atoms in total. The van der Waals surface area contributed by atoms with Crippen LogP contribution in [0.5, 0.6) is 5.75 Å². The number of ether oxygens (including phenoxy) is 1. The molecule has 30 heavy (non-hydrogen) atoms. The number of likely N-dealkylation sites (N-methyl/N-ethyl adjacent to an activating group) is 1. The van der Waals surface area contributed by atoms with Gasteiger partial charge < -0.3 is 9.64 Å².